The Labute approximate surface area is 202 Å². The number of imide groups is 1. The van der Waals surface area contributed by atoms with E-state index in [1.807, 2.05) is 0 Å². The second-order valence-electron chi connectivity index (χ2n) is 6.57. The molecule has 0 heterocycles. The highest BCUT2D eigenvalue weighted by molar-refractivity contribution is 9.10. The highest BCUT2D eigenvalue weighted by Crippen LogP contribution is 2.40. The van der Waals surface area contributed by atoms with Crippen LogP contribution in [-0.4, -0.2) is 11.9 Å². The summed E-state index contributed by atoms with van der Waals surface area (Å²) in [5, 5.41) is 6.10. The van der Waals surface area contributed by atoms with E-state index in [0.717, 1.165) is 0 Å². The van der Waals surface area contributed by atoms with Crippen molar-refractivity contribution < 1.29 is 14.3 Å². The lowest BCUT2D eigenvalue weighted by molar-refractivity contribution is 0.0966. The van der Waals surface area contributed by atoms with Crippen LogP contribution in [0.3, 0.4) is 0 Å². The van der Waals surface area contributed by atoms with Crippen molar-refractivity contribution in [1.29, 1.82) is 0 Å². The molecule has 0 aliphatic rings. The van der Waals surface area contributed by atoms with E-state index in [1.54, 1.807) is 62.4 Å². The van der Waals surface area contributed by atoms with Crippen molar-refractivity contribution in [2.24, 2.45) is 0 Å². The molecule has 3 aromatic rings. The predicted octanol–water partition coefficient (Wildman–Crippen LogP) is 7.78. The van der Waals surface area contributed by atoms with Gasteiger partial charge in [0.05, 0.1) is 15.6 Å². The van der Waals surface area contributed by atoms with E-state index in [-0.39, 0.29) is 0 Å². The molecule has 9 heteroatoms. The molecule has 0 aromatic heterocycles. The molecule has 0 saturated heterocycles. The second-order valence-corrected chi connectivity index (χ2v) is 8.65. The predicted molar refractivity (Wildman–Crippen MR) is 128 cm³/mol. The number of rotatable bonds is 4. The number of ether oxygens (including phenoxy) is 1. The van der Waals surface area contributed by atoms with E-state index in [9.17, 15) is 9.59 Å². The maximum Gasteiger partial charge on any atom is 0.326 e. The first-order chi connectivity index (χ1) is 14.7. The van der Waals surface area contributed by atoms with Crippen molar-refractivity contribution in [1.82, 2.24) is 5.32 Å². The SMILES string of the molecule is Cc1cc(Oc2ccc(Cl)cc2Cl)c(Cl)c(C)c1NC(=O)NC(=O)c1ccccc1Br. The molecule has 3 rings (SSSR count). The molecule has 31 heavy (non-hydrogen) atoms. The third-order valence-corrected chi connectivity index (χ3v) is 6.05. The molecule has 0 bridgehead atoms. The van der Waals surface area contributed by atoms with Gasteiger partial charge in [-0.2, -0.15) is 0 Å². The van der Waals surface area contributed by atoms with Crippen molar-refractivity contribution in [3.63, 3.8) is 0 Å². The first kappa shape index (κ1) is 23.4. The van der Waals surface area contributed by atoms with Gasteiger partial charge in [0.25, 0.3) is 5.91 Å². The number of nitrogens with one attached hydrogen (secondary N) is 2. The largest absolute Gasteiger partial charge is 0.454 e. The average molecular weight is 543 g/mol. The molecular formula is C22H16BrCl3N2O3. The molecule has 0 aliphatic carbocycles. The van der Waals surface area contributed by atoms with E-state index in [0.29, 0.717) is 53.4 Å². The van der Waals surface area contributed by atoms with Gasteiger partial charge in [0.1, 0.15) is 11.5 Å². The van der Waals surface area contributed by atoms with Gasteiger partial charge in [-0.05, 0) is 77.3 Å². The zero-order valence-electron chi connectivity index (χ0n) is 16.4. The summed E-state index contributed by atoms with van der Waals surface area (Å²) in [7, 11) is 0. The third kappa shape index (κ3) is 5.52. The smallest absolute Gasteiger partial charge is 0.326 e. The summed E-state index contributed by atoms with van der Waals surface area (Å²) in [6, 6.07) is 12.6. The van der Waals surface area contributed by atoms with Crippen LogP contribution in [0.15, 0.2) is 53.0 Å². The molecule has 0 fully saturated rings. The van der Waals surface area contributed by atoms with Crippen LogP contribution in [0.25, 0.3) is 0 Å². The summed E-state index contributed by atoms with van der Waals surface area (Å²) in [6.07, 6.45) is 0. The number of anilines is 1. The van der Waals surface area contributed by atoms with Crippen LogP contribution >= 0.6 is 50.7 Å². The topological polar surface area (TPSA) is 67.4 Å². The Morgan fingerprint density at radius 1 is 0.968 bits per heavy atom. The maximum absolute atomic E-state index is 12.4. The molecule has 0 unspecified atom stereocenters. The van der Waals surface area contributed by atoms with Gasteiger partial charge in [-0.3, -0.25) is 10.1 Å². The van der Waals surface area contributed by atoms with Crippen molar-refractivity contribution >= 4 is 68.4 Å². The quantitative estimate of drug-likeness (QED) is 0.354. The summed E-state index contributed by atoms with van der Waals surface area (Å²) in [6.45, 7) is 3.52. The highest BCUT2D eigenvalue weighted by Gasteiger charge is 2.18. The monoisotopic (exact) mass is 540 g/mol. The number of urea groups is 1. The Morgan fingerprint density at radius 2 is 1.68 bits per heavy atom. The minimum Gasteiger partial charge on any atom is -0.454 e. The minimum atomic E-state index is -0.683. The van der Waals surface area contributed by atoms with Crippen LogP contribution in [0.1, 0.15) is 21.5 Å². The van der Waals surface area contributed by atoms with Gasteiger partial charge < -0.3 is 10.1 Å². The Morgan fingerprint density at radius 3 is 2.35 bits per heavy atom. The molecule has 0 spiro atoms. The van der Waals surface area contributed by atoms with E-state index in [1.165, 1.54) is 0 Å². The van der Waals surface area contributed by atoms with E-state index >= 15 is 0 Å². The lowest BCUT2D eigenvalue weighted by Gasteiger charge is -2.17. The zero-order chi connectivity index (χ0) is 22.7. The molecule has 2 N–H and O–H groups in total. The number of benzene rings is 3. The number of aryl methyl sites for hydroxylation is 1. The molecule has 0 atom stereocenters. The fraction of sp³-hybridized carbons (Fsp3) is 0.0909. The summed E-state index contributed by atoms with van der Waals surface area (Å²) in [5.41, 5.74) is 2.07. The van der Waals surface area contributed by atoms with Crippen molar-refractivity contribution in [2.45, 2.75) is 13.8 Å². The van der Waals surface area contributed by atoms with Crippen LogP contribution in [0.5, 0.6) is 11.5 Å². The molecule has 0 saturated carbocycles. The second kappa shape index (κ2) is 9.92. The molecule has 3 aromatic carbocycles. The average Bonchev–Trinajstić information content (AvgIpc) is 2.71. The van der Waals surface area contributed by atoms with E-state index < -0.39 is 11.9 Å². The van der Waals surface area contributed by atoms with E-state index in [2.05, 4.69) is 26.6 Å². The van der Waals surface area contributed by atoms with Crippen molar-refractivity contribution in [2.75, 3.05) is 5.32 Å². The normalized spacial score (nSPS) is 10.5. The fourth-order valence-corrected chi connectivity index (χ4v) is 3.93. The highest BCUT2D eigenvalue weighted by atomic mass is 79.9. The van der Waals surface area contributed by atoms with Crippen LogP contribution < -0.4 is 15.4 Å². The summed E-state index contributed by atoms with van der Waals surface area (Å²) in [4.78, 5) is 24.8. The van der Waals surface area contributed by atoms with Gasteiger partial charge in [0.15, 0.2) is 0 Å². The minimum absolute atomic E-state index is 0.295. The summed E-state index contributed by atoms with van der Waals surface area (Å²) < 4.78 is 6.42. The van der Waals surface area contributed by atoms with Gasteiger partial charge in [-0.15, -0.1) is 0 Å². The number of halogens is 4. The standard InChI is InChI=1S/C22H16BrCl3N2O3/c1-11-9-18(31-17-8-7-13(24)10-16(17)25)19(26)12(2)20(11)27-22(30)28-21(29)14-5-3-4-6-15(14)23/h3-10H,1-2H3,(H2,27,28,29,30). The summed E-state index contributed by atoms with van der Waals surface area (Å²) in [5.74, 6) is 0.226. The Bertz CT molecular complexity index is 1180. The lowest BCUT2D eigenvalue weighted by Crippen LogP contribution is -2.35. The number of hydrogen-bond donors (Lipinski definition) is 2. The first-order valence-electron chi connectivity index (χ1n) is 8.97. The molecular weight excluding hydrogens is 527 g/mol. The van der Waals surface area contributed by atoms with Crippen LogP contribution in [-0.2, 0) is 0 Å². The number of hydrogen-bond acceptors (Lipinski definition) is 3. The molecule has 0 radical (unpaired) electrons. The molecule has 3 amide bonds. The van der Waals surface area contributed by atoms with Gasteiger partial charge in [-0.25, -0.2) is 4.79 Å². The molecule has 0 aliphatic heterocycles. The maximum atomic E-state index is 12.4. The van der Waals surface area contributed by atoms with Crippen molar-refractivity contribution in [3.05, 3.63) is 84.8 Å². The fourth-order valence-electron chi connectivity index (χ4n) is 2.83. The van der Waals surface area contributed by atoms with Gasteiger partial charge in [-0.1, -0.05) is 46.9 Å². The Hall–Kier alpha value is -2.25. The van der Waals surface area contributed by atoms with E-state index in [4.69, 9.17) is 39.5 Å². The van der Waals surface area contributed by atoms with Gasteiger partial charge in [0.2, 0.25) is 0 Å². The number of amides is 3. The number of carbonyl (C=O) groups is 2. The van der Waals surface area contributed by atoms with Crippen molar-refractivity contribution in [3.8, 4) is 11.5 Å². The number of carbonyl (C=O) groups excluding carboxylic acids is 2. The molecule has 160 valence electrons. The Balaban J connectivity index is 1.79. The van der Waals surface area contributed by atoms with Crippen LogP contribution in [0, 0.1) is 13.8 Å². The Kier molecular flexibility index (Phi) is 7.49. The van der Waals surface area contributed by atoms with Crippen LogP contribution in [0.4, 0.5) is 10.5 Å². The third-order valence-electron chi connectivity index (χ3n) is 4.36. The van der Waals surface area contributed by atoms with Gasteiger partial charge in [0, 0.05) is 15.2 Å². The van der Waals surface area contributed by atoms with Crippen LogP contribution in [0.2, 0.25) is 15.1 Å². The summed E-state index contributed by atoms with van der Waals surface area (Å²) >= 11 is 21.8. The van der Waals surface area contributed by atoms with Gasteiger partial charge >= 0.3 is 6.03 Å². The lowest BCUT2D eigenvalue weighted by atomic mass is 10.1. The first-order valence-corrected chi connectivity index (χ1v) is 10.9. The molecule has 5 nitrogen and oxygen atoms in total. The zero-order valence-corrected chi connectivity index (χ0v) is 20.2.